The maximum Gasteiger partial charge on any atom is 0.201 e. The smallest absolute Gasteiger partial charge is 0.201 e. The van der Waals surface area contributed by atoms with E-state index in [1.807, 2.05) is 0 Å². The highest BCUT2D eigenvalue weighted by atomic mass is 16.5. The van der Waals surface area contributed by atoms with E-state index in [9.17, 15) is 14.4 Å². The number of allylic oxidation sites excluding steroid dienone is 2. The summed E-state index contributed by atoms with van der Waals surface area (Å²) in [4.78, 5) is 45.0. The van der Waals surface area contributed by atoms with E-state index in [0.717, 1.165) is 0 Å². The number of hydrogen-bond donors (Lipinski definition) is 0. The molecule has 0 amide bonds. The van der Waals surface area contributed by atoms with Gasteiger partial charge in [-0.3, -0.25) is 24.4 Å². The van der Waals surface area contributed by atoms with Gasteiger partial charge in [0.2, 0.25) is 11.6 Å². The predicted octanol–water partition coefficient (Wildman–Crippen LogP) is 5.31. The number of Topliss-reactive ketones (excluding diaryl/α,β-unsaturated/α-hetero) is 2. The van der Waals surface area contributed by atoms with Crippen LogP contribution in [0.15, 0.2) is 97.6 Å². The van der Waals surface area contributed by atoms with Gasteiger partial charge in [0, 0.05) is 35.9 Å². The predicted molar refractivity (Wildman–Crippen MR) is 157 cm³/mol. The van der Waals surface area contributed by atoms with Crippen molar-refractivity contribution in [2.24, 2.45) is 0 Å². The largest absolute Gasteiger partial charge is 0.493 e. The number of nitrogens with zero attached hydrogens (tertiary/aromatic N) is 2. The molecule has 0 radical (unpaired) electrons. The van der Waals surface area contributed by atoms with Gasteiger partial charge in [0.05, 0.1) is 14.2 Å². The number of carbonyl (C=O) groups is 3. The minimum absolute atomic E-state index is 0.165. The third-order valence-electron chi connectivity index (χ3n) is 5.94. The Morgan fingerprint density at radius 3 is 1.48 bits per heavy atom. The van der Waals surface area contributed by atoms with Gasteiger partial charge in [-0.2, -0.15) is 0 Å². The zero-order chi connectivity index (χ0) is 29.7. The maximum atomic E-state index is 12.5. The number of benzene rings is 2. The Labute approximate surface area is 243 Å². The van der Waals surface area contributed by atoms with Crippen molar-refractivity contribution in [2.45, 2.75) is 0 Å². The van der Waals surface area contributed by atoms with Crippen LogP contribution in [0.2, 0.25) is 0 Å². The van der Waals surface area contributed by atoms with Gasteiger partial charge in [0.15, 0.2) is 42.0 Å². The molecule has 42 heavy (non-hydrogen) atoms. The van der Waals surface area contributed by atoms with Crippen molar-refractivity contribution >= 4 is 29.5 Å². The van der Waals surface area contributed by atoms with Crippen LogP contribution in [0.25, 0.3) is 12.2 Å². The van der Waals surface area contributed by atoms with Crippen molar-refractivity contribution < 1.29 is 33.3 Å². The molecule has 0 spiro atoms. The van der Waals surface area contributed by atoms with Crippen LogP contribution in [0.4, 0.5) is 0 Å². The van der Waals surface area contributed by atoms with E-state index >= 15 is 0 Å². The first-order chi connectivity index (χ1) is 20.5. The summed E-state index contributed by atoms with van der Waals surface area (Å²) in [5, 5.41) is 0. The molecule has 0 aliphatic heterocycles. The van der Waals surface area contributed by atoms with Crippen molar-refractivity contribution in [3.63, 3.8) is 0 Å². The molecule has 0 aliphatic rings. The third kappa shape index (κ3) is 8.22. The quantitative estimate of drug-likeness (QED) is 0.148. The van der Waals surface area contributed by atoms with E-state index in [4.69, 9.17) is 18.9 Å². The van der Waals surface area contributed by atoms with Crippen molar-refractivity contribution in [2.75, 3.05) is 27.4 Å². The van der Waals surface area contributed by atoms with Crippen molar-refractivity contribution in [3.05, 3.63) is 120 Å². The van der Waals surface area contributed by atoms with E-state index in [1.165, 1.54) is 38.8 Å². The summed E-state index contributed by atoms with van der Waals surface area (Å²) in [6, 6.07) is 17.0. The number of methoxy groups -OCH3 is 2. The van der Waals surface area contributed by atoms with E-state index in [2.05, 4.69) is 9.97 Å². The zero-order valence-corrected chi connectivity index (χ0v) is 23.1. The number of pyridine rings is 2. The summed E-state index contributed by atoms with van der Waals surface area (Å²) in [5.74, 6) is 1.01. The molecule has 0 fully saturated rings. The topological polar surface area (TPSA) is 114 Å². The Morgan fingerprint density at radius 1 is 0.643 bits per heavy atom. The van der Waals surface area contributed by atoms with Crippen molar-refractivity contribution in [1.82, 2.24) is 9.97 Å². The van der Waals surface area contributed by atoms with Gasteiger partial charge in [-0.05, 0) is 71.8 Å². The fourth-order valence-electron chi connectivity index (χ4n) is 3.74. The summed E-state index contributed by atoms with van der Waals surface area (Å²) < 4.78 is 22.1. The zero-order valence-electron chi connectivity index (χ0n) is 23.1. The van der Waals surface area contributed by atoms with Crippen LogP contribution in [0.1, 0.15) is 31.8 Å². The second-order valence-corrected chi connectivity index (χ2v) is 8.80. The fraction of sp³-hybridized carbons (Fsp3) is 0.121. The molecule has 9 heteroatoms. The first kappa shape index (κ1) is 29.4. The van der Waals surface area contributed by atoms with Crippen LogP contribution in [0.5, 0.6) is 23.0 Å². The average molecular weight is 565 g/mol. The molecular weight excluding hydrogens is 536 g/mol. The molecule has 2 aromatic carbocycles. The Kier molecular flexibility index (Phi) is 10.3. The van der Waals surface area contributed by atoms with Crippen LogP contribution < -0.4 is 18.9 Å². The highest BCUT2D eigenvalue weighted by molar-refractivity contribution is 6.04. The molecule has 4 aromatic rings. The third-order valence-corrected chi connectivity index (χ3v) is 5.94. The van der Waals surface area contributed by atoms with Crippen LogP contribution in [0.3, 0.4) is 0 Å². The van der Waals surface area contributed by atoms with Gasteiger partial charge < -0.3 is 18.9 Å². The lowest BCUT2D eigenvalue weighted by atomic mass is 10.1. The second-order valence-electron chi connectivity index (χ2n) is 8.80. The molecular formula is C33H28N2O7. The molecule has 0 unspecified atom stereocenters. The average Bonchev–Trinajstić information content (AvgIpc) is 3.05. The monoisotopic (exact) mass is 564 g/mol. The van der Waals surface area contributed by atoms with Gasteiger partial charge in [0.25, 0.3) is 0 Å². The summed E-state index contributed by atoms with van der Waals surface area (Å²) in [7, 11) is 2.99. The lowest BCUT2D eigenvalue weighted by molar-refractivity contribution is -0.110. The molecule has 0 aliphatic carbocycles. The van der Waals surface area contributed by atoms with E-state index in [1.54, 1.807) is 85.2 Å². The van der Waals surface area contributed by atoms with E-state index < -0.39 is 0 Å². The van der Waals surface area contributed by atoms with Crippen LogP contribution >= 0.6 is 0 Å². The summed E-state index contributed by atoms with van der Waals surface area (Å²) in [6.07, 6.45) is 12.3. The Hall–Kier alpha value is -5.57. The molecule has 0 atom stereocenters. The second kappa shape index (κ2) is 14.7. The van der Waals surface area contributed by atoms with Crippen molar-refractivity contribution in [1.29, 1.82) is 0 Å². The highest BCUT2D eigenvalue weighted by Crippen LogP contribution is 2.30. The number of carbonyl (C=O) groups excluding carboxylic acids is 3. The van der Waals surface area contributed by atoms with Crippen LogP contribution in [-0.4, -0.2) is 54.8 Å². The minimum atomic E-state index is -0.238. The number of hydrogen-bond acceptors (Lipinski definition) is 9. The Morgan fingerprint density at radius 2 is 1.10 bits per heavy atom. The molecule has 4 rings (SSSR count). The molecule has 9 nitrogen and oxygen atoms in total. The van der Waals surface area contributed by atoms with Gasteiger partial charge in [-0.25, -0.2) is 0 Å². The molecule has 2 heterocycles. The van der Waals surface area contributed by atoms with E-state index in [0.29, 0.717) is 45.3 Å². The first-order valence-electron chi connectivity index (χ1n) is 12.8. The normalized spacial score (nSPS) is 10.9. The van der Waals surface area contributed by atoms with Crippen LogP contribution in [0, 0.1) is 0 Å². The molecule has 2 aromatic heterocycles. The molecule has 0 saturated carbocycles. The molecule has 0 bridgehead atoms. The number of ether oxygens (including phenoxy) is 4. The fourth-order valence-corrected chi connectivity index (χ4v) is 3.74. The molecule has 212 valence electrons. The number of aromatic nitrogens is 2. The standard InChI is InChI=1S/C33H28N2O7/c1-39-32-17-23(9-13-30(32)41-21-28(37)25-5-3-15-34-19-25)7-11-27(36)12-8-24-10-14-31(33(18-24)40-2)42-22-29(38)26-6-4-16-35-20-26/h3-20H,21-22H2,1-2H3/b11-7+,12-8+. The summed E-state index contributed by atoms with van der Waals surface area (Å²) in [5.41, 5.74) is 2.34. The van der Waals surface area contributed by atoms with E-state index in [-0.39, 0.29) is 30.6 Å². The highest BCUT2D eigenvalue weighted by Gasteiger charge is 2.12. The minimum Gasteiger partial charge on any atom is -0.493 e. The summed E-state index contributed by atoms with van der Waals surface area (Å²) >= 11 is 0. The van der Waals surface area contributed by atoms with Gasteiger partial charge in [0.1, 0.15) is 0 Å². The van der Waals surface area contributed by atoms with Crippen molar-refractivity contribution in [3.8, 4) is 23.0 Å². The Bertz CT molecular complexity index is 1480. The molecule has 0 saturated heterocycles. The Balaban J connectivity index is 1.33. The maximum absolute atomic E-state index is 12.5. The lowest BCUT2D eigenvalue weighted by Crippen LogP contribution is -2.12. The van der Waals surface area contributed by atoms with Gasteiger partial charge in [-0.1, -0.05) is 24.3 Å². The number of rotatable bonds is 14. The number of ketones is 3. The van der Waals surface area contributed by atoms with Crippen LogP contribution in [-0.2, 0) is 4.79 Å². The summed E-state index contributed by atoms with van der Waals surface area (Å²) in [6.45, 7) is -0.329. The first-order valence-corrected chi connectivity index (χ1v) is 12.8. The van der Waals surface area contributed by atoms with Gasteiger partial charge in [-0.15, -0.1) is 0 Å². The molecule has 0 N–H and O–H groups in total. The SMILES string of the molecule is COc1cc(/C=C/C(=O)/C=C/c2ccc(OCC(=O)c3cccnc3)c(OC)c2)ccc1OCC(=O)c1cccnc1. The van der Waals surface area contributed by atoms with Gasteiger partial charge >= 0.3 is 0 Å². The lowest BCUT2D eigenvalue weighted by Gasteiger charge is -2.11.